The summed E-state index contributed by atoms with van der Waals surface area (Å²) < 4.78 is 10.8. The van der Waals surface area contributed by atoms with Gasteiger partial charge in [-0.15, -0.1) is 0 Å². The molecule has 8 heteroatoms. The molecule has 0 aliphatic heterocycles. The fourth-order valence-electron chi connectivity index (χ4n) is 2.33. The molecule has 2 aromatic carbocycles. The number of ether oxygens (including phenoxy) is 2. The number of halogens is 2. The minimum atomic E-state index is -0.539. The lowest BCUT2D eigenvalue weighted by Gasteiger charge is -2.19. The number of hydrogen-bond acceptors (Lipinski definition) is 4. The molecule has 0 saturated carbocycles. The number of nitrogens with one attached hydrogen (secondary N) is 2. The van der Waals surface area contributed by atoms with E-state index in [1.54, 1.807) is 32.9 Å². The Morgan fingerprint density at radius 2 is 1.66 bits per heavy atom. The van der Waals surface area contributed by atoms with Gasteiger partial charge in [0.05, 0.1) is 22.2 Å². The highest BCUT2D eigenvalue weighted by atomic mass is 35.5. The molecular weight excluding hydrogens is 415 g/mol. The molecule has 2 aromatic rings. The second kappa shape index (κ2) is 10.4. The predicted octanol–water partition coefficient (Wildman–Crippen LogP) is 5.54. The lowest BCUT2D eigenvalue weighted by atomic mass is 10.2. The first-order valence-corrected chi connectivity index (χ1v) is 9.86. The first kappa shape index (κ1) is 22.8. The second-order valence-corrected chi connectivity index (χ2v) is 8.03. The molecule has 156 valence electrons. The van der Waals surface area contributed by atoms with E-state index in [0.29, 0.717) is 31.0 Å². The number of anilines is 1. The van der Waals surface area contributed by atoms with Gasteiger partial charge in [0.1, 0.15) is 11.4 Å². The third-order valence-electron chi connectivity index (χ3n) is 3.53. The smallest absolute Gasteiger partial charge is 0.407 e. The summed E-state index contributed by atoms with van der Waals surface area (Å²) in [6.45, 7) is 6.12. The van der Waals surface area contributed by atoms with Crippen LogP contribution >= 0.6 is 23.2 Å². The van der Waals surface area contributed by atoms with Crippen molar-refractivity contribution in [2.24, 2.45) is 0 Å². The Balaban J connectivity index is 1.86. The first-order valence-electron chi connectivity index (χ1n) is 9.11. The monoisotopic (exact) mass is 438 g/mol. The van der Waals surface area contributed by atoms with Crippen molar-refractivity contribution in [3.05, 3.63) is 58.1 Å². The van der Waals surface area contributed by atoms with Gasteiger partial charge in [-0.3, -0.25) is 4.79 Å². The first-order chi connectivity index (χ1) is 13.7. The lowest BCUT2D eigenvalue weighted by molar-refractivity contribution is 0.0525. The van der Waals surface area contributed by atoms with Crippen LogP contribution in [0, 0.1) is 0 Å². The van der Waals surface area contributed by atoms with E-state index in [1.165, 1.54) is 12.1 Å². The topological polar surface area (TPSA) is 76.7 Å². The number of rotatable bonds is 7. The summed E-state index contributed by atoms with van der Waals surface area (Å²) in [7, 11) is 0. The van der Waals surface area contributed by atoms with Gasteiger partial charge in [0.15, 0.2) is 0 Å². The number of hydrogen-bond donors (Lipinski definition) is 2. The van der Waals surface area contributed by atoms with Gasteiger partial charge in [-0.1, -0.05) is 41.4 Å². The maximum absolute atomic E-state index is 12.5. The van der Waals surface area contributed by atoms with E-state index in [9.17, 15) is 9.59 Å². The molecule has 0 saturated heterocycles. The van der Waals surface area contributed by atoms with Crippen LogP contribution < -0.4 is 15.4 Å². The Morgan fingerprint density at radius 1 is 1.03 bits per heavy atom. The zero-order valence-corrected chi connectivity index (χ0v) is 18.1. The standard InChI is InChI=1S/C21H24Cl2N2O4/c1-21(2,3)29-20(27)24-10-7-11-28-15-12-16(22)18(17(23)13-15)19(26)25-14-8-5-4-6-9-14/h4-6,8-9,12-13H,7,10-11H2,1-3H3,(H,24,27)(H,25,26). The largest absolute Gasteiger partial charge is 0.493 e. The van der Waals surface area contributed by atoms with Gasteiger partial charge < -0.3 is 20.1 Å². The molecule has 0 aliphatic carbocycles. The van der Waals surface area contributed by atoms with Crippen molar-refractivity contribution in [1.82, 2.24) is 5.32 Å². The number of benzene rings is 2. The summed E-state index contributed by atoms with van der Waals surface area (Å²) in [5, 5.41) is 5.77. The van der Waals surface area contributed by atoms with E-state index >= 15 is 0 Å². The van der Waals surface area contributed by atoms with Gasteiger partial charge in [-0.25, -0.2) is 4.79 Å². The van der Waals surface area contributed by atoms with Crippen LogP contribution in [0.25, 0.3) is 0 Å². The molecule has 0 fully saturated rings. The van der Waals surface area contributed by atoms with E-state index in [1.807, 2.05) is 18.2 Å². The van der Waals surface area contributed by atoms with Gasteiger partial charge in [0, 0.05) is 12.2 Å². The predicted molar refractivity (Wildman–Crippen MR) is 115 cm³/mol. The molecule has 0 radical (unpaired) electrons. The Labute approximate surface area is 180 Å². The van der Waals surface area contributed by atoms with E-state index < -0.39 is 17.6 Å². The zero-order valence-electron chi connectivity index (χ0n) is 16.6. The van der Waals surface area contributed by atoms with E-state index in [4.69, 9.17) is 32.7 Å². The van der Waals surface area contributed by atoms with Crippen LogP contribution in [-0.2, 0) is 4.74 Å². The highest BCUT2D eigenvalue weighted by molar-refractivity contribution is 6.40. The molecule has 0 atom stereocenters. The zero-order chi connectivity index (χ0) is 21.4. The third-order valence-corrected chi connectivity index (χ3v) is 4.13. The Morgan fingerprint density at radius 3 is 2.24 bits per heavy atom. The summed E-state index contributed by atoms with van der Waals surface area (Å²) in [5.74, 6) is 0.0350. The normalized spacial score (nSPS) is 10.9. The number of para-hydroxylation sites is 1. The highest BCUT2D eigenvalue weighted by Crippen LogP contribution is 2.31. The van der Waals surface area contributed by atoms with Crippen LogP contribution in [0.3, 0.4) is 0 Å². The van der Waals surface area contributed by atoms with E-state index in [2.05, 4.69) is 10.6 Å². The van der Waals surface area contributed by atoms with Gasteiger partial charge in [-0.05, 0) is 51.5 Å². The molecule has 6 nitrogen and oxygen atoms in total. The van der Waals surface area contributed by atoms with Gasteiger partial charge in [-0.2, -0.15) is 0 Å². The average Bonchev–Trinajstić information content (AvgIpc) is 2.60. The van der Waals surface area contributed by atoms with Crippen molar-refractivity contribution in [3.63, 3.8) is 0 Å². The van der Waals surface area contributed by atoms with Crippen molar-refractivity contribution in [2.75, 3.05) is 18.5 Å². The fraction of sp³-hybridized carbons (Fsp3) is 0.333. The summed E-state index contributed by atoms with van der Waals surface area (Å²) in [4.78, 5) is 24.0. The number of carbonyl (C=O) groups is 2. The number of carbonyl (C=O) groups excluding carboxylic acids is 2. The molecule has 0 spiro atoms. The molecular formula is C21H24Cl2N2O4. The summed E-state index contributed by atoms with van der Waals surface area (Å²) >= 11 is 12.5. The molecule has 2 amide bonds. The molecule has 29 heavy (non-hydrogen) atoms. The van der Waals surface area contributed by atoms with E-state index in [-0.39, 0.29) is 15.6 Å². The van der Waals surface area contributed by atoms with Crippen molar-refractivity contribution < 1.29 is 19.1 Å². The SMILES string of the molecule is CC(C)(C)OC(=O)NCCCOc1cc(Cl)c(C(=O)Nc2ccccc2)c(Cl)c1. The quantitative estimate of drug-likeness (QED) is 0.556. The van der Waals surface area contributed by atoms with Crippen molar-refractivity contribution in [2.45, 2.75) is 32.8 Å². The highest BCUT2D eigenvalue weighted by Gasteiger charge is 2.17. The number of amides is 2. The van der Waals surface area contributed by atoms with Crippen molar-refractivity contribution in [3.8, 4) is 5.75 Å². The van der Waals surface area contributed by atoms with Gasteiger partial charge in [0.2, 0.25) is 0 Å². The number of alkyl carbamates (subject to hydrolysis) is 1. The summed E-state index contributed by atoms with van der Waals surface area (Å²) in [6.07, 6.45) is 0.0856. The molecule has 0 aliphatic rings. The van der Waals surface area contributed by atoms with Crippen LogP contribution in [0.1, 0.15) is 37.6 Å². The molecule has 0 unspecified atom stereocenters. The summed E-state index contributed by atoms with van der Waals surface area (Å²) in [5.41, 5.74) is 0.279. The molecule has 2 rings (SSSR count). The Bertz CT molecular complexity index is 828. The van der Waals surface area contributed by atoms with Crippen LogP contribution in [-0.4, -0.2) is 30.8 Å². The molecule has 0 aromatic heterocycles. The Kier molecular flexibility index (Phi) is 8.17. The van der Waals surface area contributed by atoms with Crippen molar-refractivity contribution in [1.29, 1.82) is 0 Å². The molecule has 0 heterocycles. The maximum Gasteiger partial charge on any atom is 0.407 e. The Hall–Kier alpha value is -2.44. The molecule has 0 bridgehead atoms. The van der Waals surface area contributed by atoms with Crippen LogP contribution in [0.5, 0.6) is 5.75 Å². The summed E-state index contributed by atoms with van der Waals surface area (Å²) in [6, 6.07) is 12.1. The minimum absolute atomic E-state index is 0.177. The van der Waals surface area contributed by atoms with E-state index in [0.717, 1.165) is 0 Å². The lowest BCUT2D eigenvalue weighted by Crippen LogP contribution is -2.33. The molecule has 2 N–H and O–H groups in total. The van der Waals surface area contributed by atoms with Crippen LogP contribution in [0.15, 0.2) is 42.5 Å². The average molecular weight is 439 g/mol. The maximum atomic E-state index is 12.5. The minimum Gasteiger partial charge on any atom is -0.493 e. The van der Waals surface area contributed by atoms with Crippen LogP contribution in [0.2, 0.25) is 10.0 Å². The van der Waals surface area contributed by atoms with Gasteiger partial charge in [0.25, 0.3) is 5.91 Å². The fourth-order valence-corrected chi connectivity index (χ4v) is 2.97. The van der Waals surface area contributed by atoms with Crippen LogP contribution in [0.4, 0.5) is 10.5 Å². The third kappa shape index (κ3) is 7.83. The second-order valence-electron chi connectivity index (χ2n) is 7.21. The van der Waals surface area contributed by atoms with Gasteiger partial charge >= 0.3 is 6.09 Å². The van der Waals surface area contributed by atoms with Crippen molar-refractivity contribution >= 4 is 40.9 Å².